The molecule has 0 aliphatic carbocycles. The summed E-state index contributed by atoms with van der Waals surface area (Å²) in [6.45, 7) is 4.02. The number of hydrogen-bond donors (Lipinski definition) is 1. The SMILES string of the molecule is COc1cc(C=C(C#N)C(=O)Nc2nc(SC(C)C)ns2)cc(Br)c1OC(=O)c1ccco1. The number of carbonyl (C=O) groups excluding carboxylic acids is 2. The van der Waals surface area contributed by atoms with E-state index in [1.54, 1.807) is 12.1 Å². The van der Waals surface area contributed by atoms with Gasteiger partial charge in [0.05, 0.1) is 17.8 Å². The highest BCUT2D eigenvalue weighted by Crippen LogP contribution is 2.38. The number of ether oxygens (including phenoxy) is 2. The van der Waals surface area contributed by atoms with Gasteiger partial charge in [-0.1, -0.05) is 25.6 Å². The topological polar surface area (TPSA) is 127 Å². The Morgan fingerprint density at radius 1 is 1.39 bits per heavy atom. The molecule has 170 valence electrons. The molecule has 1 aromatic carbocycles. The van der Waals surface area contributed by atoms with Crippen molar-refractivity contribution < 1.29 is 23.5 Å². The lowest BCUT2D eigenvalue weighted by molar-refractivity contribution is -0.112. The van der Waals surface area contributed by atoms with Gasteiger partial charge in [-0.15, -0.1) is 0 Å². The predicted molar refractivity (Wildman–Crippen MR) is 127 cm³/mol. The Labute approximate surface area is 206 Å². The standard InChI is InChI=1S/C21H17BrN4O5S2/c1-11(2)32-21-25-20(33-26-21)24-18(27)13(10-23)7-12-8-14(22)17(16(9-12)29-3)31-19(28)15-5-4-6-30-15/h4-9,11H,1-3H3,(H,24,25,26,27). The van der Waals surface area contributed by atoms with E-state index in [0.717, 1.165) is 11.5 Å². The van der Waals surface area contributed by atoms with E-state index >= 15 is 0 Å². The van der Waals surface area contributed by atoms with Crippen molar-refractivity contribution >= 4 is 62.3 Å². The van der Waals surface area contributed by atoms with Crippen molar-refractivity contribution in [2.24, 2.45) is 0 Å². The van der Waals surface area contributed by atoms with Gasteiger partial charge < -0.3 is 13.9 Å². The number of anilines is 1. The third kappa shape index (κ3) is 6.44. The molecule has 1 amide bonds. The smallest absolute Gasteiger partial charge is 0.379 e. The maximum Gasteiger partial charge on any atom is 0.379 e. The number of rotatable bonds is 8. The van der Waals surface area contributed by atoms with Gasteiger partial charge in [-0.2, -0.15) is 14.6 Å². The molecule has 0 spiro atoms. The molecule has 0 aliphatic heterocycles. The van der Waals surface area contributed by atoms with Crippen molar-refractivity contribution in [2.45, 2.75) is 24.3 Å². The van der Waals surface area contributed by atoms with Gasteiger partial charge in [0.15, 0.2) is 11.5 Å². The molecule has 2 heterocycles. The number of aromatic nitrogens is 2. The molecule has 0 fully saturated rings. The molecule has 0 radical (unpaired) electrons. The number of methoxy groups -OCH3 is 1. The minimum Gasteiger partial charge on any atom is -0.493 e. The molecule has 0 unspecified atom stereocenters. The Hall–Kier alpha value is -3.14. The van der Waals surface area contributed by atoms with E-state index in [2.05, 4.69) is 30.6 Å². The second-order valence-corrected chi connectivity index (χ2v) is 9.72. The van der Waals surface area contributed by atoms with Crippen molar-refractivity contribution in [3.63, 3.8) is 0 Å². The van der Waals surface area contributed by atoms with Gasteiger partial charge in [0, 0.05) is 16.8 Å². The van der Waals surface area contributed by atoms with E-state index in [1.165, 1.54) is 43.3 Å². The summed E-state index contributed by atoms with van der Waals surface area (Å²) in [5, 5.41) is 13.2. The molecule has 12 heteroatoms. The van der Waals surface area contributed by atoms with Gasteiger partial charge in [0.2, 0.25) is 16.0 Å². The van der Waals surface area contributed by atoms with Crippen LogP contribution in [0.1, 0.15) is 30.0 Å². The van der Waals surface area contributed by atoms with E-state index in [4.69, 9.17) is 13.9 Å². The summed E-state index contributed by atoms with van der Waals surface area (Å²) in [7, 11) is 1.40. The van der Waals surface area contributed by atoms with E-state index in [1.807, 2.05) is 19.9 Å². The van der Waals surface area contributed by atoms with Crippen LogP contribution in [0.3, 0.4) is 0 Å². The number of nitrogens with zero attached hydrogens (tertiary/aromatic N) is 3. The second-order valence-electron chi connectivity index (χ2n) is 6.57. The number of benzene rings is 1. The van der Waals surface area contributed by atoms with Gasteiger partial charge in [-0.05, 0) is 51.8 Å². The Kier molecular flexibility index (Phi) is 8.26. The summed E-state index contributed by atoms with van der Waals surface area (Å²) in [5.41, 5.74) is 0.314. The van der Waals surface area contributed by atoms with Crippen LogP contribution in [0.5, 0.6) is 11.5 Å². The molecule has 2 aromatic heterocycles. The lowest BCUT2D eigenvalue weighted by atomic mass is 10.1. The molecule has 0 aliphatic rings. The first kappa shape index (κ1) is 24.5. The maximum atomic E-state index is 12.6. The number of furan rings is 1. The molecule has 33 heavy (non-hydrogen) atoms. The highest BCUT2D eigenvalue weighted by atomic mass is 79.9. The van der Waals surface area contributed by atoms with Crippen LogP contribution in [-0.4, -0.2) is 33.6 Å². The third-order valence-corrected chi connectivity index (χ3v) is 6.01. The Morgan fingerprint density at radius 2 is 2.18 bits per heavy atom. The summed E-state index contributed by atoms with van der Waals surface area (Å²) in [6.07, 6.45) is 2.74. The number of thioether (sulfide) groups is 1. The van der Waals surface area contributed by atoms with Crippen LogP contribution in [0, 0.1) is 11.3 Å². The molecule has 0 bridgehead atoms. The minimum absolute atomic E-state index is 0.0305. The number of amides is 1. The fourth-order valence-corrected chi connectivity index (χ4v) is 4.38. The van der Waals surface area contributed by atoms with Gasteiger partial charge in [0.1, 0.15) is 11.6 Å². The molecule has 0 atom stereocenters. The Bertz CT molecular complexity index is 1230. The fraction of sp³-hybridized carbons (Fsp3) is 0.190. The monoisotopic (exact) mass is 548 g/mol. The largest absolute Gasteiger partial charge is 0.493 e. The first-order valence-corrected chi connectivity index (χ1v) is 11.8. The quantitative estimate of drug-likeness (QED) is 0.133. The van der Waals surface area contributed by atoms with Gasteiger partial charge in [0.25, 0.3) is 5.91 Å². The highest BCUT2D eigenvalue weighted by molar-refractivity contribution is 9.10. The first-order valence-electron chi connectivity index (χ1n) is 9.37. The average molecular weight is 549 g/mol. The number of esters is 1. The number of carbonyl (C=O) groups is 2. The molecular formula is C21H17BrN4O5S2. The van der Waals surface area contributed by atoms with E-state index in [0.29, 0.717) is 25.6 Å². The number of halogens is 1. The summed E-state index contributed by atoms with van der Waals surface area (Å²) in [6, 6.07) is 8.03. The molecule has 9 nitrogen and oxygen atoms in total. The lowest BCUT2D eigenvalue weighted by Crippen LogP contribution is -2.13. The van der Waals surface area contributed by atoms with Crippen LogP contribution in [0.4, 0.5) is 5.13 Å². The Morgan fingerprint density at radius 3 is 2.82 bits per heavy atom. The molecular weight excluding hydrogens is 532 g/mol. The van der Waals surface area contributed by atoms with Gasteiger partial charge in [-0.3, -0.25) is 10.1 Å². The van der Waals surface area contributed by atoms with Crippen molar-refractivity contribution in [1.82, 2.24) is 9.36 Å². The summed E-state index contributed by atoms with van der Waals surface area (Å²) >= 11 is 5.84. The number of nitriles is 1. The van der Waals surface area contributed by atoms with Gasteiger partial charge in [-0.25, -0.2) is 4.79 Å². The zero-order chi connectivity index (χ0) is 24.0. The summed E-state index contributed by atoms with van der Waals surface area (Å²) < 4.78 is 20.3. The number of hydrogen-bond acceptors (Lipinski definition) is 10. The van der Waals surface area contributed by atoms with Crippen LogP contribution in [0.25, 0.3) is 6.08 Å². The van der Waals surface area contributed by atoms with Crippen molar-refractivity contribution in [1.29, 1.82) is 5.26 Å². The van der Waals surface area contributed by atoms with Crippen LogP contribution >= 0.6 is 39.2 Å². The zero-order valence-electron chi connectivity index (χ0n) is 17.6. The number of nitrogens with one attached hydrogen (secondary N) is 1. The average Bonchev–Trinajstić information content (AvgIpc) is 3.45. The van der Waals surface area contributed by atoms with Crippen molar-refractivity contribution in [3.05, 3.63) is 51.9 Å². The van der Waals surface area contributed by atoms with Crippen LogP contribution in [0.15, 0.2) is 50.1 Å². The van der Waals surface area contributed by atoms with Crippen LogP contribution in [-0.2, 0) is 4.79 Å². The lowest BCUT2D eigenvalue weighted by Gasteiger charge is -2.11. The van der Waals surface area contributed by atoms with Crippen LogP contribution in [0.2, 0.25) is 0 Å². The summed E-state index contributed by atoms with van der Waals surface area (Å²) in [5.74, 6) is -0.955. The highest BCUT2D eigenvalue weighted by Gasteiger charge is 2.19. The van der Waals surface area contributed by atoms with E-state index in [9.17, 15) is 14.9 Å². The predicted octanol–water partition coefficient (Wildman–Crippen LogP) is 5.17. The molecule has 0 saturated carbocycles. The molecule has 0 saturated heterocycles. The first-order chi connectivity index (χ1) is 15.8. The Balaban J connectivity index is 1.80. The van der Waals surface area contributed by atoms with E-state index in [-0.39, 0.29) is 22.8 Å². The molecule has 3 rings (SSSR count). The summed E-state index contributed by atoms with van der Waals surface area (Å²) in [4.78, 5) is 29.0. The molecule has 1 N–H and O–H groups in total. The normalized spacial score (nSPS) is 11.2. The van der Waals surface area contributed by atoms with Crippen molar-refractivity contribution in [2.75, 3.05) is 12.4 Å². The fourth-order valence-electron chi connectivity index (χ4n) is 2.46. The van der Waals surface area contributed by atoms with Gasteiger partial charge >= 0.3 is 5.97 Å². The van der Waals surface area contributed by atoms with E-state index < -0.39 is 11.9 Å². The van der Waals surface area contributed by atoms with Crippen molar-refractivity contribution in [3.8, 4) is 17.6 Å². The zero-order valence-corrected chi connectivity index (χ0v) is 20.8. The minimum atomic E-state index is -0.702. The second kappa shape index (κ2) is 11.1. The maximum absolute atomic E-state index is 12.6. The van der Waals surface area contributed by atoms with Crippen LogP contribution < -0.4 is 14.8 Å². The molecule has 3 aromatic rings. The third-order valence-electron chi connectivity index (χ3n) is 3.81.